The number of carbonyl (C=O) groups excluding carboxylic acids is 1. The van der Waals surface area contributed by atoms with Crippen molar-refractivity contribution in [2.45, 2.75) is 6.10 Å². The maximum Gasteiger partial charge on any atom is 0.209 e. The fourth-order valence-electron chi connectivity index (χ4n) is 1.69. The SMILES string of the molecule is O=CN1CCOC(c2ccccc2Cl)C1. The molecule has 0 bridgehead atoms. The van der Waals surface area contributed by atoms with Crippen molar-refractivity contribution in [2.24, 2.45) is 0 Å². The number of morpholine rings is 1. The first-order valence-corrected chi connectivity index (χ1v) is 5.24. The van der Waals surface area contributed by atoms with E-state index in [1.807, 2.05) is 24.3 Å². The molecule has 0 spiro atoms. The molecule has 0 radical (unpaired) electrons. The topological polar surface area (TPSA) is 29.5 Å². The Balaban J connectivity index is 2.16. The number of hydrogen-bond donors (Lipinski definition) is 0. The molecule has 1 heterocycles. The van der Waals surface area contributed by atoms with Crippen molar-refractivity contribution < 1.29 is 9.53 Å². The molecule has 1 amide bonds. The molecule has 15 heavy (non-hydrogen) atoms. The first kappa shape index (κ1) is 10.5. The van der Waals surface area contributed by atoms with Gasteiger partial charge in [0.05, 0.1) is 13.2 Å². The van der Waals surface area contributed by atoms with Gasteiger partial charge in [0.25, 0.3) is 0 Å². The summed E-state index contributed by atoms with van der Waals surface area (Å²) in [7, 11) is 0. The summed E-state index contributed by atoms with van der Waals surface area (Å²) >= 11 is 6.06. The third-order valence-corrected chi connectivity index (χ3v) is 2.84. The van der Waals surface area contributed by atoms with E-state index >= 15 is 0 Å². The summed E-state index contributed by atoms with van der Waals surface area (Å²) < 4.78 is 5.59. The van der Waals surface area contributed by atoms with Crippen LogP contribution in [0.25, 0.3) is 0 Å². The molecule has 3 nitrogen and oxygen atoms in total. The van der Waals surface area contributed by atoms with Crippen LogP contribution < -0.4 is 0 Å². The zero-order valence-electron chi connectivity index (χ0n) is 8.23. The quantitative estimate of drug-likeness (QED) is 0.720. The Morgan fingerprint density at radius 1 is 1.47 bits per heavy atom. The number of halogens is 1. The summed E-state index contributed by atoms with van der Waals surface area (Å²) in [5.41, 5.74) is 0.950. The summed E-state index contributed by atoms with van der Waals surface area (Å²) in [5, 5.41) is 0.690. The van der Waals surface area contributed by atoms with Crippen molar-refractivity contribution in [2.75, 3.05) is 19.7 Å². The highest BCUT2D eigenvalue weighted by Gasteiger charge is 2.22. The van der Waals surface area contributed by atoms with Gasteiger partial charge in [-0.3, -0.25) is 4.79 Å². The lowest BCUT2D eigenvalue weighted by molar-refractivity contribution is -0.125. The van der Waals surface area contributed by atoms with Crippen LogP contribution in [0.4, 0.5) is 0 Å². The Bertz CT molecular complexity index is 356. The van der Waals surface area contributed by atoms with E-state index in [4.69, 9.17) is 16.3 Å². The predicted octanol–water partition coefficient (Wildman–Crippen LogP) is 1.87. The van der Waals surface area contributed by atoms with Gasteiger partial charge in [0, 0.05) is 17.1 Å². The Hall–Kier alpha value is -1.06. The third-order valence-electron chi connectivity index (χ3n) is 2.50. The fraction of sp³-hybridized carbons (Fsp3) is 0.364. The summed E-state index contributed by atoms with van der Waals surface area (Å²) in [6, 6.07) is 7.57. The first-order valence-electron chi connectivity index (χ1n) is 4.86. The van der Waals surface area contributed by atoms with Crippen molar-refractivity contribution in [1.82, 2.24) is 4.90 Å². The number of amides is 1. The maximum atomic E-state index is 10.7. The molecule has 1 unspecified atom stereocenters. The molecule has 1 saturated heterocycles. The molecule has 1 aromatic carbocycles. The second-order valence-corrected chi connectivity index (χ2v) is 3.89. The van der Waals surface area contributed by atoms with Crippen LogP contribution in [0.5, 0.6) is 0 Å². The Labute approximate surface area is 93.6 Å². The van der Waals surface area contributed by atoms with E-state index in [-0.39, 0.29) is 6.10 Å². The van der Waals surface area contributed by atoms with Crippen LogP contribution in [0.15, 0.2) is 24.3 Å². The van der Waals surface area contributed by atoms with Crippen LogP contribution in [-0.4, -0.2) is 31.0 Å². The molecular formula is C11H12ClNO2. The van der Waals surface area contributed by atoms with Gasteiger partial charge < -0.3 is 9.64 Å². The van der Waals surface area contributed by atoms with E-state index in [1.54, 1.807) is 4.90 Å². The van der Waals surface area contributed by atoms with Crippen LogP contribution in [0.3, 0.4) is 0 Å². The number of rotatable bonds is 2. The minimum absolute atomic E-state index is 0.0994. The van der Waals surface area contributed by atoms with Gasteiger partial charge >= 0.3 is 0 Å². The highest BCUT2D eigenvalue weighted by molar-refractivity contribution is 6.31. The predicted molar refractivity (Wildman–Crippen MR) is 57.8 cm³/mol. The van der Waals surface area contributed by atoms with E-state index in [1.165, 1.54) is 0 Å². The molecule has 0 saturated carbocycles. The number of hydrogen-bond acceptors (Lipinski definition) is 2. The zero-order valence-corrected chi connectivity index (χ0v) is 8.98. The van der Waals surface area contributed by atoms with E-state index in [0.29, 0.717) is 24.7 Å². The molecule has 0 aliphatic carbocycles. The highest BCUT2D eigenvalue weighted by atomic mass is 35.5. The van der Waals surface area contributed by atoms with E-state index < -0.39 is 0 Å². The molecular weight excluding hydrogens is 214 g/mol. The Morgan fingerprint density at radius 3 is 3.00 bits per heavy atom. The van der Waals surface area contributed by atoms with Gasteiger partial charge in [0.1, 0.15) is 6.10 Å². The largest absolute Gasteiger partial charge is 0.370 e. The van der Waals surface area contributed by atoms with Gasteiger partial charge in [-0.25, -0.2) is 0 Å². The third kappa shape index (κ3) is 2.30. The standard InChI is InChI=1S/C11H12ClNO2/c12-10-4-2-1-3-9(10)11-7-13(8-14)5-6-15-11/h1-4,8,11H,5-7H2. The molecule has 80 valence electrons. The van der Waals surface area contributed by atoms with E-state index in [9.17, 15) is 4.79 Å². The van der Waals surface area contributed by atoms with Crippen LogP contribution in [0.1, 0.15) is 11.7 Å². The summed E-state index contributed by atoms with van der Waals surface area (Å²) in [4.78, 5) is 12.4. The van der Waals surface area contributed by atoms with Crippen LogP contribution in [0, 0.1) is 0 Å². The second kappa shape index (κ2) is 4.64. The summed E-state index contributed by atoms with van der Waals surface area (Å²) in [6.07, 6.45) is 0.754. The van der Waals surface area contributed by atoms with Gasteiger partial charge in [0.2, 0.25) is 6.41 Å². The smallest absolute Gasteiger partial charge is 0.209 e. The molecule has 0 aromatic heterocycles. The lowest BCUT2D eigenvalue weighted by atomic mass is 10.1. The summed E-state index contributed by atoms with van der Waals surface area (Å²) in [6.45, 7) is 1.80. The summed E-state index contributed by atoms with van der Waals surface area (Å²) in [5.74, 6) is 0. The Kier molecular flexibility index (Phi) is 3.23. The van der Waals surface area contributed by atoms with Gasteiger partial charge in [-0.1, -0.05) is 29.8 Å². The van der Waals surface area contributed by atoms with Crippen molar-refractivity contribution in [1.29, 1.82) is 0 Å². The number of carbonyl (C=O) groups is 1. The van der Waals surface area contributed by atoms with Crippen LogP contribution in [-0.2, 0) is 9.53 Å². The number of nitrogens with zero attached hydrogens (tertiary/aromatic N) is 1. The monoisotopic (exact) mass is 225 g/mol. The van der Waals surface area contributed by atoms with Crippen molar-refractivity contribution in [3.63, 3.8) is 0 Å². The van der Waals surface area contributed by atoms with Gasteiger partial charge in [-0.05, 0) is 6.07 Å². The minimum Gasteiger partial charge on any atom is -0.370 e. The lowest BCUT2D eigenvalue weighted by Gasteiger charge is -2.30. The molecule has 1 atom stereocenters. The van der Waals surface area contributed by atoms with Gasteiger partial charge in [-0.2, -0.15) is 0 Å². The van der Waals surface area contributed by atoms with Crippen molar-refractivity contribution in [3.05, 3.63) is 34.9 Å². The van der Waals surface area contributed by atoms with E-state index in [0.717, 1.165) is 12.0 Å². The highest BCUT2D eigenvalue weighted by Crippen LogP contribution is 2.27. The molecule has 2 rings (SSSR count). The first-order chi connectivity index (χ1) is 7.31. The average molecular weight is 226 g/mol. The van der Waals surface area contributed by atoms with E-state index in [2.05, 4.69) is 0 Å². The van der Waals surface area contributed by atoms with Gasteiger partial charge in [0.15, 0.2) is 0 Å². The van der Waals surface area contributed by atoms with Crippen LogP contribution in [0.2, 0.25) is 5.02 Å². The fourth-order valence-corrected chi connectivity index (χ4v) is 1.95. The lowest BCUT2D eigenvalue weighted by Crippen LogP contribution is -2.37. The maximum absolute atomic E-state index is 10.7. The molecule has 1 aliphatic rings. The van der Waals surface area contributed by atoms with Crippen molar-refractivity contribution >= 4 is 18.0 Å². The molecule has 1 aliphatic heterocycles. The second-order valence-electron chi connectivity index (χ2n) is 3.48. The molecule has 1 aromatic rings. The Morgan fingerprint density at radius 2 is 2.27 bits per heavy atom. The molecule has 4 heteroatoms. The average Bonchev–Trinajstić information content (AvgIpc) is 2.30. The van der Waals surface area contributed by atoms with Crippen LogP contribution >= 0.6 is 11.6 Å². The molecule has 0 N–H and O–H groups in total. The number of ether oxygens (including phenoxy) is 1. The zero-order chi connectivity index (χ0) is 10.7. The molecule has 1 fully saturated rings. The van der Waals surface area contributed by atoms with Crippen molar-refractivity contribution in [3.8, 4) is 0 Å². The van der Waals surface area contributed by atoms with Gasteiger partial charge in [-0.15, -0.1) is 0 Å². The number of benzene rings is 1. The minimum atomic E-state index is -0.0994. The normalized spacial score (nSPS) is 21.4.